The van der Waals surface area contributed by atoms with Gasteiger partial charge in [0.2, 0.25) is 0 Å². The van der Waals surface area contributed by atoms with Crippen LogP contribution < -0.4 is 5.73 Å². The van der Waals surface area contributed by atoms with E-state index in [9.17, 15) is 0 Å². The molecular weight excluding hydrogens is 264 g/mol. The molecule has 3 heteroatoms. The van der Waals surface area contributed by atoms with Crippen molar-refractivity contribution in [1.29, 1.82) is 0 Å². The van der Waals surface area contributed by atoms with Gasteiger partial charge in [-0.1, -0.05) is 51.1 Å². The Morgan fingerprint density at radius 2 is 1.80 bits per heavy atom. The van der Waals surface area contributed by atoms with E-state index in [0.29, 0.717) is 10.5 Å². The molecular formula is C17H28N2S. The second-order valence-corrected chi connectivity index (χ2v) is 7.99. The number of benzene rings is 1. The molecule has 2 rings (SSSR count). The molecule has 1 saturated heterocycles. The molecule has 0 amide bonds. The first-order chi connectivity index (χ1) is 9.59. The molecule has 112 valence electrons. The first-order valence-corrected chi connectivity index (χ1v) is 8.68. The average molecular weight is 292 g/mol. The van der Waals surface area contributed by atoms with Crippen molar-refractivity contribution in [1.82, 2.24) is 4.90 Å². The van der Waals surface area contributed by atoms with E-state index < -0.39 is 0 Å². The van der Waals surface area contributed by atoms with Crippen molar-refractivity contribution in [2.75, 3.05) is 19.6 Å². The van der Waals surface area contributed by atoms with Crippen LogP contribution in [0.5, 0.6) is 0 Å². The summed E-state index contributed by atoms with van der Waals surface area (Å²) in [6, 6.07) is 10.8. The van der Waals surface area contributed by atoms with E-state index in [0.717, 1.165) is 32.5 Å². The molecule has 0 spiro atoms. The molecule has 1 aliphatic heterocycles. The largest absolute Gasteiger partial charge is 0.329 e. The van der Waals surface area contributed by atoms with Crippen LogP contribution in [0.15, 0.2) is 30.3 Å². The summed E-state index contributed by atoms with van der Waals surface area (Å²) in [6.45, 7) is 10.0. The van der Waals surface area contributed by atoms with Crippen molar-refractivity contribution in [3.05, 3.63) is 35.9 Å². The maximum atomic E-state index is 6.24. The molecule has 0 aromatic heterocycles. The van der Waals surface area contributed by atoms with Crippen LogP contribution in [-0.4, -0.2) is 40.6 Å². The Labute approximate surface area is 128 Å². The molecule has 3 atom stereocenters. The van der Waals surface area contributed by atoms with Crippen molar-refractivity contribution in [3.8, 4) is 0 Å². The Morgan fingerprint density at radius 3 is 2.30 bits per heavy atom. The number of hydrogen-bond donors (Lipinski definition) is 1. The van der Waals surface area contributed by atoms with Gasteiger partial charge in [-0.25, -0.2) is 0 Å². The van der Waals surface area contributed by atoms with E-state index in [2.05, 4.69) is 67.8 Å². The van der Waals surface area contributed by atoms with Crippen LogP contribution in [-0.2, 0) is 6.42 Å². The average Bonchev–Trinajstić information content (AvgIpc) is 2.45. The SMILES string of the molecule is CCC(CN)(Cc1ccccc1)N1CC(C)SC(C)C1. The van der Waals surface area contributed by atoms with Crippen LogP contribution in [0.4, 0.5) is 0 Å². The lowest BCUT2D eigenvalue weighted by molar-refractivity contribution is 0.0870. The van der Waals surface area contributed by atoms with E-state index in [-0.39, 0.29) is 5.54 Å². The van der Waals surface area contributed by atoms with Crippen LogP contribution in [0.1, 0.15) is 32.8 Å². The quantitative estimate of drug-likeness (QED) is 0.904. The molecule has 20 heavy (non-hydrogen) atoms. The van der Waals surface area contributed by atoms with Gasteiger partial charge in [0.25, 0.3) is 0 Å². The highest BCUT2D eigenvalue weighted by Gasteiger charge is 2.37. The minimum atomic E-state index is 0.116. The van der Waals surface area contributed by atoms with Gasteiger partial charge >= 0.3 is 0 Å². The molecule has 0 bridgehead atoms. The standard InChI is InChI=1S/C17H28N2S/c1-4-17(13-18,10-16-8-6-5-7-9-16)19-11-14(2)20-15(3)12-19/h5-9,14-15H,4,10-13,18H2,1-3H3. The summed E-state index contributed by atoms with van der Waals surface area (Å²) in [4.78, 5) is 2.66. The van der Waals surface area contributed by atoms with E-state index in [4.69, 9.17) is 5.73 Å². The van der Waals surface area contributed by atoms with Gasteiger partial charge < -0.3 is 5.73 Å². The fraction of sp³-hybridized carbons (Fsp3) is 0.647. The van der Waals surface area contributed by atoms with E-state index in [1.165, 1.54) is 5.56 Å². The topological polar surface area (TPSA) is 29.3 Å². The maximum Gasteiger partial charge on any atom is 0.0370 e. The maximum absolute atomic E-state index is 6.24. The molecule has 0 aliphatic carbocycles. The second-order valence-electron chi connectivity index (χ2n) is 6.11. The molecule has 1 aromatic carbocycles. The first-order valence-electron chi connectivity index (χ1n) is 7.74. The first kappa shape index (κ1) is 15.9. The summed E-state index contributed by atoms with van der Waals surface area (Å²) in [5.41, 5.74) is 7.76. The van der Waals surface area contributed by atoms with E-state index in [1.54, 1.807) is 0 Å². The summed E-state index contributed by atoms with van der Waals surface area (Å²) in [6.07, 6.45) is 2.17. The Bertz CT molecular complexity index is 393. The zero-order valence-corrected chi connectivity index (χ0v) is 13.8. The van der Waals surface area contributed by atoms with Gasteiger partial charge in [-0.2, -0.15) is 11.8 Å². The predicted molar refractivity (Wildman–Crippen MR) is 90.3 cm³/mol. The van der Waals surface area contributed by atoms with E-state index in [1.807, 2.05) is 0 Å². The van der Waals surface area contributed by atoms with Crippen LogP contribution in [0.2, 0.25) is 0 Å². The van der Waals surface area contributed by atoms with Crippen LogP contribution in [0.3, 0.4) is 0 Å². The lowest BCUT2D eigenvalue weighted by Gasteiger charge is -2.48. The fourth-order valence-corrected chi connectivity index (χ4v) is 4.67. The molecule has 1 aliphatic rings. The fourth-order valence-electron chi connectivity index (χ4n) is 3.35. The lowest BCUT2D eigenvalue weighted by atomic mass is 9.85. The van der Waals surface area contributed by atoms with Crippen LogP contribution >= 0.6 is 11.8 Å². The smallest absolute Gasteiger partial charge is 0.0370 e. The Hall–Kier alpha value is -0.510. The van der Waals surface area contributed by atoms with Gasteiger partial charge in [0.05, 0.1) is 0 Å². The van der Waals surface area contributed by atoms with Crippen LogP contribution in [0, 0.1) is 0 Å². The minimum absolute atomic E-state index is 0.116. The third-order valence-corrected chi connectivity index (χ3v) is 5.73. The molecule has 1 heterocycles. The molecule has 1 aromatic rings. The van der Waals surface area contributed by atoms with Gasteiger partial charge in [0.1, 0.15) is 0 Å². The molecule has 2 nitrogen and oxygen atoms in total. The summed E-state index contributed by atoms with van der Waals surface area (Å²) >= 11 is 2.11. The third kappa shape index (κ3) is 3.57. The monoisotopic (exact) mass is 292 g/mol. The summed E-state index contributed by atoms with van der Waals surface area (Å²) in [7, 11) is 0. The van der Waals surface area contributed by atoms with Crippen molar-refractivity contribution in [2.24, 2.45) is 5.73 Å². The Morgan fingerprint density at radius 1 is 1.20 bits per heavy atom. The summed E-state index contributed by atoms with van der Waals surface area (Å²) < 4.78 is 0. The van der Waals surface area contributed by atoms with Crippen molar-refractivity contribution < 1.29 is 0 Å². The van der Waals surface area contributed by atoms with Crippen molar-refractivity contribution in [2.45, 2.75) is 49.7 Å². The highest BCUT2D eigenvalue weighted by molar-refractivity contribution is 8.00. The molecule has 2 N–H and O–H groups in total. The Balaban J connectivity index is 2.20. The highest BCUT2D eigenvalue weighted by Crippen LogP contribution is 2.32. The van der Waals surface area contributed by atoms with Gasteiger partial charge in [0.15, 0.2) is 0 Å². The highest BCUT2D eigenvalue weighted by atomic mass is 32.2. The van der Waals surface area contributed by atoms with Gasteiger partial charge in [0, 0.05) is 35.7 Å². The zero-order valence-electron chi connectivity index (χ0n) is 13.0. The number of nitrogens with two attached hydrogens (primary N) is 1. The minimum Gasteiger partial charge on any atom is -0.329 e. The molecule has 0 saturated carbocycles. The van der Waals surface area contributed by atoms with Crippen LogP contribution in [0.25, 0.3) is 0 Å². The summed E-state index contributed by atoms with van der Waals surface area (Å²) in [5.74, 6) is 0. The number of hydrogen-bond acceptors (Lipinski definition) is 3. The van der Waals surface area contributed by atoms with Gasteiger partial charge in [-0.05, 0) is 18.4 Å². The molecule has 0 radical (unpaired) electrons. The lowest BCUT2D eigenvalue weighted by Crippen LogP contribution is -2.59. The molecule has 1 fully saturated rings. The number of thioether (sulfide) groups is 1. The number of nitrogens with zero attached hydrogens (tertiary/aromatic N) is 1. The van der Waals surface area contributed by atoms with Crippen molar-refractivity contribution in [3.63, 3.8) is 0 Å². The molecule has 3 unspecified atom stereocenters. The van der Waals surface area contributed by atoms with Gasteiger partial charge in [-0.15, -0.1) is 0 Å². The zero-order chi connectivity index (χ0) is 14.6. The summed E-state index contributed by atoms with van der Waals surface area (Å²) in [5, 5.41) is 1.40. The normalized spacial score (nSPS) is 27.2. The predicted octanol–water partition coefficient (Wildman–Crippen LogP) is 3.16. The number of rotatable bonds is 5. The van der Waals surface area contributed by atoms with Crippen molar-refractivity contribution >= 4 is 11.8 Å². The second kappa shape index (κ2) is 6.97. The third-order valence-electron chi connectivity index (χ3n) is 4.50. The van der Waals surface area contributed by atoms with Gasteiger partial charge in [-0.3, -0.25) is 4.90 Å². The van der Waals surface area contributed by atoms with E-state index >= 15 is 0 Å². The Kier molecular flexibility index (Phi) is 5.53.